The number of piperidine rings is 1. The van der Waals surface area contributed by atoms with E-state index < -0.39 is 0 Å². The molecule has 1 saturated heterocycles. The van der Waals surface area contributed by atoms with Crippen LogP contribution in [-0.4, -0.2) is 30.2 Å². The molecule has 3 rings (SSSR count). The zero-order valence-corrected chi connectivity index (χ0v) is 10.7. The molecule has 0 aliphatic carbocycles. The van der Waals surface area contributed by atoms with E-state index in [0.29, 0.717) is 0 Å². The Balaban J connectivity index is 1.84. The quantitative estimate of drug-likeness (QED) is 0.870. The van der Waals surface area contributed by atoms with E-state index >= 15 is 0 Å². The number of aromatic nitrogens is 2. The van der Waals surface area contributed by atoms with Crippen LogP contribution in [0.1, 0.15) is 18.7 Å². The molecule has 2 N–H and O–H groups in total. The van der Waals surface area contributed by atoms with E-state index in [1.807, 2.05) is 12.1 Å². The lowest BCUT2D eigenvalue weighted by atomic mass is 9.94. The number of aromatic amines is 1. The van der Waals surface area contributed by atoms with Gasteiger partial charge in [-0.25, -0.2) is 4.98 Å². The minimum Gasteiger partial charge on any atom is -0.494 e. The van der Waals surface area contributed by atoms with Gasteiger partial charge in [0.2, 0.25) is 0 Å². The third kappa shape index (κ3) is 2.20. The summed E-state index contributed by atoms with van der Waals surface area (Å²) in [6, 6.07) is 6.00. The van der Waals surface area contributed by atoms with Gasteiger partial charge in [0.05, 0.1) is 12.6 Å². The number of rotatable bonds is 3. The smallest absolute Gasteiger partial charge is 0.146 e. The Hall–Kier alpha value is -1.55. The molecule has 18 heavy (non-hydrogen) atoms. The van der Waals surface area contributed by atoms with Gasteiger partial charge in [0.25, 0.3) is 0 Å². The Bertz CT molecular complexity index is 529. The Morgan fingerprint density at radius 3 is 2.94 bits per heavy atom. The summed E-state index contributed by atoms with van der Waals surface area (Å²) in [6.45, 7) is 2.27. The summed E-state index contributed by atoms with van der Waals surface area (Å²) in [6.07, 6.45) is 3.53. The predicted octanol–water partition coefficient (Wildman–Crippen LogP) is 2.11. The fourth-order valence-corrected chi connectivity index (χ4v) is 2.68. The minimum absolute atomic E-state index is 0.748. The number of hydrogen-bond donors (Lipinski definition) is 2. The first-order valence-corrected chi connectivity index (χ1v) is 6.59. The molecule has 1 aliphatic heterocycles. The summed E-state index contributed by atoms with van der Waals surface area (Å²) in [7, 11) is 1.69. The van der Waals surface area contributed by atoms with Crippen LogP contribution in [0.4, 0.5) is 0 Å². The molecule has 2 heterocycles. The van der Waals surface area contributed by atoms with Crippen molar-refractivity contribution in [1.82, 2.24) is 15.3 Å². The maximum absolute atomic E-state index is 5.34. The molecule has 0 saturated carbocycles. The summed E-state index contributed by atoms with van der Waals surface area (Å²) in [5.74, 6) is 2.68. The number of nitrogens with one attached hydrogen (secondary N) is 2. The van der Waals surface area contributed by atoms with Gasteiger partial charge in [0.15, 0.2) is 0 Å². The molecular weight excluding hydrogens is 226 g/mol. The summed E-state index contributed by atoms with van der Waals surface area (Å²) in [5.41, 5.74) is 2.02. The zero-order valence-electron chi connectivity index (χ0n) is 10.7. The molecule has 0 unspecified atom stereocenters. The number of benzene rings is 1. The molecule has 1 aromatic carbocycles. The van der Waals surface area contributed by atoms with Crippen LogP contribution in [0.25, 0.3) is 11.0 Å². The number of H-pyrrole nitrogens is 1. The zero-order chi connectivity index (χ0) is 12.4. The van der Waals surface area contributed by atoms with Crippen LogP contribution in [0.3, 0.4) is 0 Å². The number of fused-ring (bicyclic) bond motifs is 1. The largest absolute Gasteiger partial charge is 0.494 e. The second kappa shape index (κ2) is 4.98. The lowest BCUT2D eigenvalue weighted by molar-refractivity contribution is 0.368. The van der Waals surface area contributed by atoms with Crippen LogP contribution in [-0.2, 0) is 6.42 Å². The minimum atomic E-state index is 0.748. The van der Waals surface area contributed by atoms with E-state index in [4.69, 9.17) is 4.74 Å². The number of hydrogen-bond acceptors (Lipinski definition) is 3. The number of methoxy groups -OCH3 is 1. The van der Waals surface area contributed by atoms with Gasteiger partial charge in [-0.3, -0.25) is 0 Å². The first-order valence-electron chi connectivity index (χ1n) is 6.59. The molecule has 0 atom stereocenters. The Kier molecular flexibility index (Phi) is 3.19. The molecule has 0 spiro atoms. The average molecular weight is 245 g/mol. The van der Waals surface area contributed by atoms with Crippen LogP contribution in [0.15, 0.2) is 18.2 Å². The molecular formula is C14H19N3O. The van der Waals surface area contributed by atoms with Crippen molar-refractivity contribution >= 4 is 11.0 Å². The molecule has 1 aromatic heterocycles. The van der Waals surface area contributed by atoms with Crippen molar-refractivity contribution in [2.24, 2.45) is 5.92 Å². The normalized spacial score (nSPS) is 17.2. The molecule has 0 bridgehead atoms. The highest BCUT2D eigenvalue weighted by molar-refractivity contribution is 5.81. The predicted molar refractivity (Wildman–Crippen MR) is 71.9 cm³/mol. The highest BCUT2D eigenvalue weighted by atomic mass is 16.5. The molecule has 96 valence electrons. The maximum Gasteiger partial charge on any atom is 0.146 e. The third-order valence-electron chi connectivity index (χ3n) is 3.69. The number of ether oxygens (including phenoxy) is 1. The summed E-state index contributed by atoms with van der Waals surface area (Å²) in [5, 5.41) is 3.39. The topological polar surface area (TPSA) is 49.9 Å². The van der Waals surface area contributed by atoms with E-state index in [1.54, 1.807) is 7.11 Å². The van der Waals surface area contributed by atoms with Gasteiger partial charge in [-0.15, -0.1) is 0 Å². The summed E-state index contributed by atoms with van der Waals surface area (Å²) in [4.78, 5) is 8.08. The Morgan fingerprint density at radius 2 is 2.17 bits per heavy atom. The number of imidazole rings is 1. The fourth-order valence-electron chi connectivity index (χ4n) is 2.68. The van der Waals surface area contributed by atoms with E-state index in [0.717, 1.165) is 48.0 Å². The maximum atomic E-state index is 5.34. The lowest BCUT2D eigenvalue weighted by Crippen LogP contribution is -2.28. The first kappa shape index (κ1) is 11.5. The molecule has 0 radical (unpaired) electrons. The van der Waals surface area contributed by atoms with Gasteiger partial charge in [0.1, 0.15) is 17.1 Å². The van der Waals surface area contributed by atoms with Crippen molar-refractivity contribution in [3.05, 3.63) is 24.0 Å². The Labute approximate surface area is 107 Å². The number of nitrogens with zero attached hydrogens (tertiary/aromatic N) is 1. The Morgan fingerprint density at radius 1 is 1.33 bits per heavy atom. The van der Waals surface area contributed by atoms with Crippen LogP contribution in [0, 0.1) is 5.92 Å². The van der Waals surface area contributed by atoms with Crippen LogP contribution < -0.4 is 10.1 Å². The molecule has 1 fully saturated rings. The van der Waals surface area contributed by atoms with Gasteiger partial charge in [0, 0.05) is 6.42 Å². The van der Waals surface area contributed by atoms with E-state index in [-0.39, 0.29) is 0 Å². The average Bonchev–Trinajstić information content (AvgIpc) is 2.82. The highest BCUT2D eigenvalue weighted by Gasteiger charge is 2.16. The second-order valence-electron chi connectivity index (χ2n) is 4.94. The van der Waals surface area contributed by atoms with Gasteiger partial charge < -0.3 is 15.0 Å². The third-order valence-corrected chi connectivity index (χ3v) is 3.69. The molecule has 4 heteroatoms. The SMILES string of the molecule is COc1cccc2[nH]c(CC3CCNCC3)nc12. The van der Waals surface area contributed by atoms with Crippen molar-refractivity contribution in [2.75, 3.05) is 20.2 Å². The molecule has 2 aromatic rings. The van der Waals surface area contributed by atoms with Gasteiger partial charge in [-0.05, 0) is 44.0 Å². The fraction of sp³-hybridized carbons (Fsp3) is 0.500. The van der Waals surface area contributed by atoms with Crippen molar-refractivity contribution < 1.29 is 4.74 Å². The van der Waals surface area contributed by atoms with Gasteiger partial charge in [-0.2, -0.15) is 0 Å². The van der Waals surface area contributed by atoms with Gasteiger partial charge in [-0.1, -0.05) is 6.07 Å². The van der Waals surface area contributed by atoms with Crippen LogP contribution in [0.5, 0.6) is 5.75 Å². The van der Waals surface area contributed by atoms with Gasteiger partial charge >= 0.3 is 0 Å². The van der Waals surface area contributed by atoms with Crippen molar-refractivity contribution in [3.63, 3.8) is 0 Å². The second-order valence-corrected chi connectivity index (χ2v) is 4.94. The standard InChI is InChI=1S/C14H19N3O/c1-18-12-4-2-3-11-14(12)17-13(16-11)9-10-5-7-15-8-6-10/h2-4,10,15H,5-9H2,1H3,(H,16,17). The molecule has 1 aliphatic rings. The van der Waals surface area contributed by atoms with Crippen LogP contribution in [0.2, 0.25) is 0 Å². The lowest BCUT2D eigenvalue weighted by Gasteiger charge is -2.21. The monoisotopic (exact) mass is 245 g/mol. The summed E-state index contributed by atoms with van der Waals surface area (Å²) >= 11 is 0. The molecule has 0 amide bonds. The van der Waals surface area contributed by atoms with Crippen LogP contribution >= 0.6 is 0 Å². The number of para-hydroxylation sites is 1. The van der Waals surface area contributed by atoms with E-state index in [2.05, 4.69) is 21.4 Å². The summed E-state index contributed by atoms with van der Waals surface area (Å²) < 4.78 is 5.34. The highest BCUT2D eigenvalue weighted by Crippen LogP contribution is 2.25. The van der Waals surface area contributed by atoms with E-state index in [1.165, 1.54) is 12.8 Å². The van der Waals surface area contributed by atoms with E-state index in [9.17, 15) is 0 Å². The van der Waals surface area contributed by atoms with Crippen molar-refractivity contribution in [3.8, 4) is 5.75 Å². The molecule has 4 nitrogen and oxygen atoms in total. The van der Waals surface area contributed by atoms with Crippen molar-refractivity contribution in [2.45, 2.75) is 19.3 Å². The first-order chi connectivity index (χ1) is 8.86. The van der Waals surface area contributed by atoms with Crippen molar-refractivity contribution in [1.29, 1.82) is 0 Å².